The lowest BCUT2D eigenvalue weighted by atomic mass is 10.2. The zero-order valence-corrected chi connectivity index (χ0v) is 14.3. The maximum absolute atomic E-state index is 13.3. The van der Waals surface area contributed by atoms with Crippen LogP contribution >= 0.6 is 0 Å². The van der Waals surface area contributed by atoms with Crippen molar-refractivity contribution in [3.63, 3.8) is 0 Å². The van der Waals surface area contributed by atoms with Crippen molar-refractivity contribution in [2.75, 3.05) is 44.2 Å². The highest BCUT2D eigenvalue weighted by atomic mass is 19.1. The van der Waals surface area contributed by atoms with Gasteiger partial charge in [-0.3, -0.25) is 9.88 Å². The Morgan fingerprint density at radius 3 is 2.85 bits per heavy atom. The van der Waals surface area contributed by atoms with Crippen LogP contribution in [0.25, 0.3) is 0 Å². The van der Waals surface area contributed by atoms with Gasteiger partial charge >= 0.3 is 6.03 Å². The van der Waals surface area contributed by atoms with E-state index in [2.05, 4.69) is 14.9 Å². The van der Waals surface area contributed by atoms with E-state index >= 15 is 0 Å². The molecule has 1 aromatic rings. The van der Waals surface area contributed by atoms with E-state index in [0.29, 0.717) is 45.1 Å². The maximum atomic E-state index is 13.3. The molecule has 7 nitrogen and oxygen atoms in total. The second-order valence-corrected chi connectivity index (χ2v) is 6.25. The molecule has 0 aromatic carbocycles. The molecule has 26 heavy (non-hydrogen) atoms. The molecule has 136 valence electrons. The van der Waals surface area contributed by atoms with Crippen LogP contribution < -0.4 is 9.64 Å². The Hall–Kier alpha value is -2.90. The Kier molecular flexibility index (Phi) is 4.55. The summed E-state index contributed by atoms with van der Waals surface area (Å²) in [6.45, 7) is 3.50. The first-order valence-corrected chi connectivity index (χ1v) is 8.69. The fraction of sp³-hybridized carbons (Fsp3) is 0.389. The lowest BCUT2D eigenvalue weighted by Gasteiger charge is -2.39. The highest BCUT2D eigenvalue weighted by Crippen LogP contribution is 2.31. The summed E-state index contributed by atoms with van der Waals surface area (Å²) in [5.41, 5.74) is 0.760. The third-order valence-corrected chi connectivity index (χ3v) is 4.65. The number of urea groups is 1. The van der Waals surface area contributed by atoms with Gasteiger partial charge in [0.2, 0.25) is 0 Å². The number of hydrogen-bond acceptors (Lipinski definition) is 5. The monoisotopic (exact) mass is 357 g/mol. The largest absolute Gasteiger partial charge is 0.488 e. The Labute approximate surface area is 151 Å². The summed E-state index contributed by atoms with van der Waals surface area (Å²) in [7, 11) is 0. The molecule has 4 rings (SSSR count). The number of aliphatic imine (C=N–C) groups is 1. The fourth-order valence-corrected chi connectivity index (χ4v) is 3.26. The number of amides is 2. The van der Waals surface area contributed by atoms with Crippen molar-refractivity contribution < 1.29 is 13.9 Å². The fourth-order valence-electron chi connectivity index (χ4n) is 3.26. The molecule has 0 bridgehead atoms. The molecule has 3 aliphatic rings. The minimum Gasteiger partial charge on any atom is -0.488 e. The number of piperazine rings is 1. The van der Waals surface area contributed by atoms with Gasteiger partial charge < -0.3 is 14.5 Å². The van der Waals surface area contributed by atoms with Crippen LogP contribution in [0.4, 0.5) is 14.9 Å². The number of carbonyl (C=O) groups is 1. The Bertz CT molecular complexity index is 784. The van der Waals surface area contributed by atoms with Gasteiger partial charge in [0, 0.05) is 45.0 Å². The molecule has 3 aliphatic heterocycles. The second kappa shape index (κ2) is 7.15. The molecule has 1 aromatic heterocycles. The zero-order chi connectivity index (χ0) is 17.9. The highest BCUT2D eigenvalue weighted by molar-refractivity contribution is 5.94. The van der Waals surface area contributed by atoms with E-state index < -0.39 is 0 Å². The van der Waals surface area contributed by atoms with Gasteiger partial charge in [-0.05, 0) is 18.2 Å². The number of rotatable bonds is 1. The van der Waals surface area contributed by atoms with Crippen LogP contribution in [0.15, 0.2) is 47.3 Å². The lowest BCUT2D eigenvalue weighted by Crippen LogP contribution is -2.53. The van der Waals surface area contributed by atoms with Gasteiger partial charge in [0.15, 0.2) is 5.75 Å². The third-order valence-electron chi connectivity index (χ3n) is 4.65. The lowest BCUT2D eigenvalue weighted by molar-refractivity contribution is 0.159. The van der Waals surface area contributed by atoms with E-state index in [-0.39, 0.29) is 18.3 Å². The molecule has 0 N–H and O–H groups in total. The Balaban J connectivity index is 1.42. The molecule has 0 radical (unpaired) electrons. The summed E-state index contributed by atoms with van der Waals surface area (Å²) in [4.78, 5) is 27.0. The van der Waals surface area contributed by atoms with Crippen molar-refractivity contribution in [3.8, 4) is 5.75 Å². The molecular weight excluding hydrogens is 337 g/mol. The first kappa shape index (κ1) is 16.6. The molecular formula is C18H20FN5O2. The summed E-state index contributed by atoms with van der Waals surface area (Å²) in [6.07, 6.45) is 8.26. The van der Waals surface area contributed by atoms with Gasteiger partial charge in [0.25, 0.3) is 0 Å². The average molecular weight is 357 g/mol. The number of fused-ring (bicyclic) bond motifs is 1. The minimum absolute atomic E-state index is 0.0234. The number of carbonyl (C=O) groups excluding carboxylic acids is 1. The minimum atomic E-state index is -0.196. The Morgan fingerprint density at radius 2 is 2.00 bits per heavy atom. The van der Waals surface area contributed by atoms with Crippen LogP contribution in [-0.2, 0) is 0 Å². The SMILES string of the molecule is O=C(N1CCN(C2=CC=C(F)CC=N2)CC1)N1CCOc2cnccc21. The molecule has 1 fully saturated rings. The zero-order valence-electron chi connectivity index (χ0n) is 14.3. The van der Waals surface area contributed by atoms with Crippen LogP contribution in [0, 0.1) is 0 Å². The van der Waals surface area contributed by atoms with Crippen molar-refractivity contribution in [3.05, 3.63) is 42.3 Å². The summed E-state index contributed by atoms with van der Waals surface area (Å²) < 4.78 is 18.9. The van der Waals surface area contributed by atoms with E-state index in [0.717, 1.165) is 11.5 Å². The first-order valence-electron chi connectivity index (χ1n) is 8.69. The predicted molar refractivity (Wildman–Crippen MR) is 96.0 cm³/mol. The van der Waals surface area contributed by atoms with E-state index in [1.807, 2.05) is 4.90 Å². The molecule has 8 heteroatoms. The number of allylic oxidation sites excluding steroid dienone is 3. The van der Waals surface area contributed by atoms with E-state index in [9.17, 15) is 9.18 Å². The third kappa shape index (κ3) is 3.26. The first-order chi connectivity index (χ1) is 12.7. The van der Waals surface area contributed by atoms with Gasteiger partial charge in [0.05, 0.1) is 18.4 Å². The number of ether oxygens (including phenoxy) is 1. The molecule has 0 spiro atoms. The topological polar surface area (TPSA) is 61.3 Å². The smallest absolute Gasteiger partial charge is 0.324 e. The molecule has 0 atom stereocenters. The van der Waals surface area contributed by atoms with Gasteiger partial charge in [-0.1, -0.05) is 0 Å². The van der Waals surface area contributed by atoms with E-state index in [1.54, 1.807) is 35.7 Å². The standard InChI is InChI=1S/C18H20FN5O2/c19-14-1-2-17(21-6-3-14)22-7-9-23(10-8-22)18(25)24-11-12-26-16-13-20-5-4-15(16)24/h1-2,4-6,13H,3,7-12H2. The molecule has 0 aliphatic carbocycles. The number of pyridine rings is 1. The number of anilines is 1. The van der Waals surface area contributed by atoms with Crippen LogP contribution in [-0.4, -0.2) is 66.4 Å². The summed E-state index contributed by atoms with van der Waals surface area (Å²) in [5, 5.41) is 0. The quantitative estimate of drug-likeness (QED) is 0.773. The van der Waals surface area contributed by atoms with Crippen molar-refractivity contribution in [2.24, 2.45) is 4.99 Å². The molecule has 0 saturated carbocycles. The molecule has 0 unspecified atom stereocenters. The summed E-state index contributed by atoms with van der Waals surface area (Å²) >= 11 is 0. The van der Waals surface area contributed by atoms with Crippen molar-refractivity contribution in [1.29, 1.82) is 0 Å². The van der Waals surface area contributed by atoms with Crippen molar-refractivity contribution in [2.45, 2.75) is 6.42 Å². The predicted octanol–water partition coefficient (Wildman–Crippen LogP) is 2.19. The molecule has 2 amide bonds. The van der Waals surface area contributed by atoms with Gasteiger partial charge in [-0.2, -0.15) is 0 Å². The van der Waals surface area contributed by atoms with Gasteiger partial charge in [0.1, 0.15) is 18.3 Å². The Morgan fingerprint density at radius 1 is 1.15 bits per heavy atom. The highest BCUT2D eigenvalue weighted by Gasteiger charge is 2.30. The molecule has 1 saturated heterocycles. The average Bonchev–Trinajstić information content (AvgIpc) is 2.92. The second-order valence-electron chi connectivity index (χ2n) is 6.25. The van der Waals surface area contributed by atoms with Gasteiger partial charge in [-0.25, -0.2) is 14.2 Å². The van der Waals surface area contributed by atoms with E-state index in [1.165, 1.54) is 6.08 Å². The van der Waals surface area contributed by atoms with Gasteiger partial charge in [-0.15, -0.1) is 0 Å². The number of nitrogens with zero attached hydrogens (tertiary/aromatic N) is 5. The summed E-state index contributed by atoms with van der Waals surface area (Å²) in [5.74, 6) is 1.18. The summed E-state index contributed by atoms with van der Waals surface area (Å²) in [6, 6.07) is 1.78. The van der Waals surface area contributed by atoms with Crippen molar-refractivity contribution in [1.82, 2.24) is 14.8 Å². The normalized spacial score (nSPS) is 20.0. The van der Waals surface area contributed by atoms with Crippen LogP contribution in [0.3, 0.4) is 0 Å². The number of halogens is 1. The van der Waals surface area contributed by atoms with Crippen LogP contribution in [0.1, 0.15) is 6.42 Å². The van der Waals surface area contributed by atoms with Crippen molar-refractivity contribution >= 4 is 17.9 Å². The number of hydrogen-bond donors (Lipinski definition) is 0. The maximum Gasteiger partial charge on any atom is 0.324 e. The van der Waals surface area contributed by atoms with Crippen LogP contribution in [0.2, 0.25) is 0 Å². The number of aromatic nitrogens is 1. The van der Waals surface area contributed by atoms with E-state index in [4.69, 9.17) is 4.74 Å². The van der Waals surface area contributed by atoms with Crippen LogP contribution in [0.5, 0.6) is 5.75 Å². The molecule has 4 heterocycles.